The smallest absolute Gasteiger partial charge is 0.254 e. The van der Waals surface area contributed by atoms with Crippen LogP contribution in [0.1, 0.15) is 10.4 Å². The van der Waals surface area contributed by atoms with Crippen LogP contribution in [0.3, 0.4) is 0 Å². The van der Waals surface area contributed by atoms with Gasteiger partial charge in [-0.1, -0.05) is 72.8 Å². The molecule has 2 N–H and O–H groups in total. The van der Waals surface area contributed by atoms with E-state index in [1.165, 1.54) is 20.8 Å². The molecule has 0 atom stereocenters. The second kappa shape index (κ2) is 10.1. The first-order chi connectivity index (χ1) is 13.7. The van der Waals surface area contributed by atoms with Crippen molar-refractivity contribution in [3.8, 4) is 0 Å². The third-order valence-electron chi connectivity index (χ3n) is 4.43. The number of benzene rings is 3. The zero-order valence-corrected chi connectivity index (χ0v) is 16.5. The summed E-state index contributed by atoms with van der Waals surface area (Å²) in [6.07, 6.45) is 0. The molecular formula is C23H24NO3P. The first kappa shape index (κ1) is 20.2. The van der Waals surface area contributed by atoms with Crippen LogP contribution in [0.15, 0.2) is 84.9 Å². The number of rotatable bonds is 8. The fourth-order valence-corrected chi connectivity index (χ4v) is 5.38. The molecule has 0 spiro atoms. The summed E-state index contributed by atoms with van der Waals surface area (Å²) in [6.45, 7) is 0.165. The van der Waals surface area contributed by atoms with Crippen molar-refractivity contribution in [2.45, 2.75) is 0 Å². The summed E-state index contributed by atoms with van der Waals surface area (Å²) in [5.41, 5.74) is 0.557. The molecule has 144 valence electrons. The number of carbonyl (C=O) groups excluding carboxylic acids is 1. The fourth-order valence-electron chi connectivity index (χ4n) is 3.09. The van der Waals surface area contributed by atoms with Crippen molar-refractivity contribution in [1.29, 1.82) is 0 Å². The van der Waals surface area contributed by atoms with Gasteiger partial charge in [-0.05, 0) is 36.0 Å². The van der Waals surface area contributed by atoms with Crippen LogP contribution in [0.25, 0.3) is 0 Å². The molecule has 0 saturated carbocycles. The van der Waals surface area contributed by atoms with Crippen LogP contribution in [0.2, 0.25) is 0 Å². The third kappa shape index (κ3) is 4.85. The topological polar surface area (TPSA) is 60.8 Å². The SMILES string of the molecule is O=C(c1ccc(P(c2ccccc2)c2ccccc2)cc1)N(CCO)CCO. The molecule has 0 aliphatic rings. The van der Waals surface area contributed by atoms with Gasteiger partial charge in [0.2, 0.25) is 0 Å². The van der Waals surface area contributed by atoms with Crippen LogP contribution < -0.4 is 15.9 Å². The van der Waals surface area contributed by atoms with Crippen molar-refractivity contribution in [3.05, 3.63) is 90.5 Å². The molecule has 1 amide bonds. The first-order valence-corrected chi connectivity index (χ1v) is 10.6. The van der Waals surface area contributed by atoms with E-state index in [-0.39, 0.29) is 32.2 Å². The quantitative estimate of drug-likeness (QED) is 0.575. The Labute approximate surface area is 166 Å². The first-order valence-electron chi connectivity index (χ1n) is 9.26. The van der Waals surface area contributed by atoms with E-state index in [4.69, 9.17) is 10.2 Å². The van der Waals surface area contributed by atoms with Gasteiger partial charge in [0.25, 0.3) is 5.91 Å². The maximum atomic E-state index is 12.7. The number of carbonyl (C=O) groups is 1. The highest BCUT2D eigenvalue weighted by Gasteiger charge is 2.18. The minimum atomic E-state index is -0.711. The van der Waals surface area contributed by atoms with E-state index in [1.54, 1.807) is 0 Å². The summed E-state index contributed by atoms with van der Waals surface area (Å²) in [5, 5.41) is 22.0. The predicted octanol–water partition coefficient (Wildman–Crippen LogP) is 1.87. The molecule has 3 aromatic carbocycles. The normalized spacial score (nSPS) is 10.8. The minimum absolute atomic E-state index is 0.128. The van der Waals surface area contributed by atoms with Gasteiger partial charge in [-0.3, -0.25) is 4.79 Å². The molecule has 5 heteroatoms. The van der Waals surface area contributed by atoms with Crippen LogP contribution in [0.4, 0.5) is 0 Å². The largest absolute Gasteiger partial charge is 0.395 e. The average molecular weight is 393 g/mol. The Morgan fingerprint density at radius 3 is 1.54 bits per heavy atom. The molecule has 0 bridgehead atoms. The summed E-state index contributed by atoms with van der Waals surface area (Å²) in [6, 6.07) is 28.5. The van der Waals surface area contributed by atoms with Gasteiger partial charge in [0, 0.05) is 18.7 Å². The van der Waals surface area contributed by atoms with Gasteiger partial charge in [-0.25, -0.2) is 0 Å². The molecule has 0 saturated heterocycles. The van der Waals surface area contributed by atoms with Crippen LogP contribution >= 0.6 is 7.92 Å². The van der Waals surface area contributed by atoms with E-state index in [0.29, 0.717) is 5.56 Å². The monoisotopic (exact) mass is 393 g/mol. The maximum Gasteiger partial charge on any atom is 0.254 e. The lowest BCUT2D eigenvalue weighted by atomic mass is 10.2. The van der Waals surface area contributed by atoms with E-state index < -0.39 is 7.92 Å². The lowest BCUT2D eigenvalue weighted by Crippen LogP contribution is -2.36. The highest BCUT2D eigenvalue weighted by molar-refractivity contribution is 7.79. The van der Waals surface area contributed by atoms with Gasteiger partial charge in [0.1, 0.15) is 0 Å². The second-order valence-corrected chi connectivity index (χ2v) is 8.51. The van der Waals surface area contributed by atoms with Gasteiger partial charge in [0.15, 0.2) is 0 Å². The number of aliphatic hydroxyl groups excluding tert-OH is 2. The van der Waals surface area contributed by atoms with Crippen LogP contribution in [-0.2, 0) is 0 Å². The van der Waals surface area contributed by atoms with E-state index in [9.17, 15) is 4.79 Å². The van der Waals surface area contributed by atoms with Crippen molar-refractivity contribution in [1.82, 2.24) is 4.90 Å². The summed E-state index contributed by atoms with van der Waals surface area (Å²) in [7, 11) is -0.711. The Balaban J connectivity index is 1.92. The van der Waals surface area contributed by atoms with Crippen molar-refractivity contribution in [2.24, 2.45) is 0 Å². The maximum absolute atomic E-state index is 12.7. The molecule has 0 aromatic heterocycles. The molecular weight excluding hydrogens is 369 g/mol. The van der Waals surface area contributed by atoms with Gasteiger partial charge >= 0.3 is 0 Å². The molecule has 4 nitrogen and oxygen atoms in total. The van der Waals surface area contributed by atoms with Gasteiger partial charge in [-0.2, -0.15) is 0 Å². The van der Waals surface area contributed by atoms with Gasteiger partial charge < -0.3 is 15.1 Å². The fraction of sp³-hybridized carbons (Fsp3) is 0.174. The zero-order valence-electron chi connectivity index (χ0n) is 15.6. The van der Waals surface area contributed by atoms with Crippen molar-refractivity contribution in [3.63, 3.8) is 0 Å². The number of amides is 1. The Hall–Kier alpha value is -2.52. The standard InChI is InChI=1S/C23H24NO3P/c25-17-15-24(16-18-26)23(27)19-11-13-22(14-12-19)28(20-7-3-1-4-8-20)21-9-5-2-6-10-21/h1-14,25-26H,15-18H2. The molecule has 0 heterocycles. The molecule has 0 radical (unpaired) electrons. The lowest BCUT2D eigenvalue weighted by Gasteiger charge is -2.22. The Morgan fingerprint density at radius 1 is 0.679 bits per heavy atom. The highest BCUT2D eigenvalue weighted by Crippen LogP contribution is 2.32. The summed E-state index contributed by atoms with van der Waals surface area (Å²) >= 11 is 0. The van der Waals surface area contributed by atoms with Crippen molar-refractivity contribution < 1.29 is 15.0 Å². The molecule has 0 unspecified atom stereocenters. The summed E-state index contributed by atoms with van der Waals surface area (Å²) in [4.78, 5) is 14.1. The summed E-state index contributed by atoms with van der Waals surface area (Å²) < 4.78 is 0. The molecule has 0 aliphatic heterocycles. The number of hydrogen-bond donors (Lipinski definition) is 2. The van der Waals surface area contributed by atoms with Crippen LogP contribution in [0.5, 0.6) is 0 Å². The predicted molar refractivity (Wildman–Crippen MR) is 115 cm³/mol. The Bertz CT molecular complexity index is 824. The van der Waals surface area contributed by atoms with Crippen molar-refractivity contribution >= 4 is 29.7 Å². The summed E-state index contributed by atoms with van der Waals surface area (Å²) in [5.74, 6) is -0.182. The van der Waals surface area contributed by atoms with Crippen LogP contribution in [0, 0.1) is 0 Å². The minimum Gasteiger partial charge on any atom is -0.395 e. The zero-order chi connectivity index (χ0) is 19.8. The number of hydrogen-bond acceptors (Lipinski definition) is 3. The number of nitrogens with zero attached hydrogens (tertiary/aromatic N) is 1. The second-order valence-electron chi connectivity index (χ2n) is 6.29. The van der Waals surface area contributed by atoms with E-state index >= 15 is 0 Å². The van der Waals surface area contributed by atoms with Gasteiger partial charge in [-0.15, -0.1) is 0 Å². The molecule has 28 heavy (non-hydrogen) atoms. The van der Waals surface area contributed by atoms with E-state index in [0.717, 1.165) is 0 Å². The molecule has 3 rings (SSSR count). The van der Waals surface area contributed by atoms with Gasteiger partial charge in [0.05, 0.1) is 13.2 Å². The van der Waals surface area contributed by atoms with Crippen LogP contribution in [-0.4, -0.2) is 47.3 Å². The van der Waals surface area contributed by atoms with Crippen molar-refractivity contribution in [2.75, 3.05) is 26.3 Å². The average Bonchev–Trinajstić information content (AvgIpc) is 2.75. The Morgan fingerprint density at radius 2 is 1.11 bits per heavy atom. The highest BCUT2D eigenvalue weighted by atomic mass is 31.1. The van der Waals surface area contributed by atoms with E-state index in [2.05, 4.69) is 24.3 Å². The molecule has 3 aromatic rings. The molecule has 0 fully saturated rings. The Kier molecular flexibility index (Phi) is 7.32. The molecule has 0 aliphatic carbocycles. The third-order valence-corrected chi connectivity index (χ3v) is 6.87. The number of aliphatic hydroxyl groups is 2. The lowest BCUT2D eigenvalue weighted by molar-refractivity contribution is 0.0685. The van der Waals surface area contributed by atoms with E-state index in [1.807, 2.05) is 60.7 Å².